The summed E-state index contributed by atoms with van der Waals surface area (Å²) in [5.74, 6) is -0.734. The van der Waals surface area contributed by atoms with Crippen LogP contribution in [0, 0.1) is 5.82 Å². The van der Waals surface area contributed by atoms with E-state index >= 15 is 0 Å². The lowest BCUT2D eigenvalue weighted by Gasteiger charge is -2.10. The molecule has 2 rings (SSSR count). The summed E-state index contributed by atoms with van der Waals surface area (Å²) in [5, 5.41) is -0.214. The molecule has 1 aromatic heterocycles. The van der Waals surface area contributed by atoms with Gasteiger partial charge in [0, 0.05) is 4.47 Å². The summed E-state index contributed by atoms with van der Waals surface area (Å²) in [5.41, 5.74) is 0. The molecular formula is C10H5BrCl2FN3O2S. The highest BCUT2D eigenvalue weighted by Crippen LogP contribution is 2.29. The molecule has 0 aliphatic heterocycles. The van der Waals surface area contributed by atoms with Gasteiger partial charge in [-0.25, -0.2) is 22.8 Å². The van der Waals surface area contributed by atoms with Gasteiger partial charge in [-0.3, -0.25) is 4.72 Å². The molecule has 0 bridgehead atoms. The van der Waals surface area contributed by atoms with Crippen molar-refractivity contribution in [3.05, 3.63) is 45.0 Å². The zero-order valence-corrected chi connectivity index (χ0v) is 13.4. The van der Waals surface area contributed by atoms with Crippen molar-refractivity contribution >= 4 is 55.0 Å². The predicted octanol–water partition coefficient (Wildman–Crippen LogP) is 3.49. The van der Waals surface area contributed by atoms with E-state index in [0.29, 0.717) is 0 Å². The molecule has 5 nitrogen and oxygen atoms in total. The molecule has 106 valence electrons. The number of sulfonamides is 1. The van der Waals surface area contributed by atoms with Crippen LogP contribution in [0.15, 0.2) is 33.9 Å². The number of anilines is 1. The minimum atomic E-state index is -4.00. The molecule has 2 aromatic rings. The number of nitrogens with zero attached hydrogens (tertiary/aromatic N) is 2. The van der Waals surface area contributed by atoms with E-state index in [1.54, 1.807) is 0 Å². The molecule has 0 unspecified atom stereocenters. The normalized spacial score (nSPS) is 11.4. The minimum absolute atomic E-state index is 0.0706. The molecule has 0 amide bonds. The van der Waals surface area contributed by atoms with Crippen LogP contribution in [0.1, 0.15) is 0 Å². The van der Waals surface area contributed by atoms with Gasteiger partial charge in [0.2, 0.25) is 0 Å². The first-order valence-electron chi connectivity index (χ1n) is 4.95. The molecule has 0 aliphatic rings. The number of benzene rings is 1. The maximum absolute atomic E-state index is 13.0. The summed E-state index contributed by atoms with van der Waals surface area (Å²) in [7, 11) is -4.00. The standard InChI is InChI=1S/C10H5BrCl2FN3O2S/c11-6-3-5(14)1-2-7(6)20(18,19)17-10-8(12)9(13)15-4-16-10/h1-4H,(H,15,16,17). The predicted molar refractivity (Wildman–Crippen MR) is 77.0 cm³/mol. The molecule has 0 saturated carbocycles. The van der Waals surface area contributed by atoms with Crippen molar-refractivity contribution in [1.82, 2.24) is 9.97 Å². The molecule has 0 fully saturated rings. The monoisotopic (exact) mass is 399 g/mol. The van der Waals surface area contributed by atoms with Crippen LogP contribution in [0.3, 0.4) is 0 Å². The van der Waals surface area contributed by atoms with E-state index in [1.165, 1.54) is 0 Å². The summed E-state index contributed by atoms with van der Waals surface area (Å²) >= 11 is 14.4. The van der Waals surface area contributed by atoms with E-state index in [2.05, 4.69) is 30.6 Å². The summed E-state index contributed by atoms with van der Waals surface area (Å²) in [6.07, 6.45) is 1.06. The highest BCUT2D eigenvalue weighted by Gasteiger charge is 2.21. The molecule has 0 atom stereocenters. The molecule has 0 radical (unpaired) electrons. The van der Waals surface area contributed by atoms with Crippen molar-refractivity contribution in [2.75, 3.05) is 4.72 Å². The first-order valence-corrected chi connectivity index (χ1v) is 7.98. The SMILES string of the molecule is O=S(=O)(Nc1ncnc(Cl)c1Cl)c1ccc(F)cc1Br. The van der Waals surface area contributed by atoms with E-state index in [9.17, 15) is 12.8 Å². The third-order valence-corrected chi connectivity index (χ3v) is 5.22. The average molecular weight is 401 g/mol. The van der Waals surface area contributed by atoms with Crippen LogP contribution in [0.4, 0.5) is 10.2 Å². The second-order valence-electron chi connectivity index (χ2n) is 3.51. The van der Waals surface area contributed by atoms with Gasteiger partial charge in [-0.1, -0.05) is 23.2 Å². The summed E-state index contributed by atoms with van der Waals surface area (Å²) in [6.45, 7) is 0. The Kier molecular flexibility index (Phi) is 4.48. The van der Waals surface area contributed by atoms with E-state index in [1.807, 2.05) is 0 Å². The summed E-state index contributed by atoms with van der Waals surface area (Å²) in [4.78, 5) is 7.13. The zero-order valence-electron chi connectivity index (χ0n) is 9.44. The smallest absolute Gasteiger partial charge is 0.262 e. The maximum Gasteiger partial charge on any atom is 0.264 e. The molecule has 10 heteroatoms. The van der Waals surface area contributed by atoms with Crippen LogP contribution in [0.2, 0.25) is 10.2 Å². The van der Waals surface area contributed by atoms with Crippen molar-refractivity contribution in [3.63, 3.8) is 0 Å². The number of aromatic nitrogens is 2. The number of rotatable bonds is 3. The van der Waals surface area contributed by atoms with Crippen LogP contribution in [0.25, 0.3) is 0 Å². The molecule has 0 spiro atoms. The van der Waals surface area contributed by atoms with E-state index in [0.717, 1.165) is 24.5 Å². The highest BCUT2D eigenvalue weighted by molar-refractivity contribution is 9.10. The molecular weight excluding hydrogens is 396 g/mol. The van der Waals surface area contributed by atoms with Crippen LogP contribution in [-0.2, 0) is 10.0 Å². The molecule has 1 N–H and O–H groups in total. The van der Waals surface area contributed by atoms with Crippen LogP contribution in [-0.4, -0.2) is 18.4 Å². The molecule has 0 saturated heterocycles. The van der Waals surface area contributed by atoms with E-state index in [-0.39, 0.29) is 25.4 Å². The lowest BCUT2D eigenvalue weighted by Crippen LogP contribution is -2.15. The van der Waals surface area contributed by atoms with Gasteiger partial charge in [-0.15, -0.1) is 0 Å². The largest absolute Gasteiger partial charge is 0.264 e. The molecule has 20 heavy (non-hydrogen) atoms. The Bertz CT molecular complexity index is 773. The second-order valence-corrected chi connectivity index (χ2v) is 6.75. The zero-order chi connectivity index (χ0) is 14.9. The van der Waals surface area contributed by atoms with Gasteiger partial charge in [-0.2, -0.15) is 0 Å². The van der Waals surface area contributed by atoms with Crippen molar-refractivity contribution in [2.24, 2.45) is 0 Å². The number of halogens is 4. The van der Waals surface area contributed by atoms with Crippen molar-refractivity contribution in [2.45, 2.75) is 4.90 Å². The lowest BCUT2D eigenvalue weighted by molar-refractivity contribution is 0.598. The van der Waals surface area contributed by atoms with Gasteiger partial charge in [-0.05, 0) is 34.1 Å². The Balaban J connectivity index is 2.44. The number of nitrogens with one attached hydrogen (secondary N) is 1. The molecule has 1 aromatic carbocycles. The number of hydrogen-bond donors (Lipinski definition) is 1. The Hall–Kier alpha value is -0.960. The second kappa shape index (κ2) is 5.80. The van der Waals surface area contributed by atoms with Crippen LogP contribution in [0.5, 0.6) is 0 Å². The first-order chi connectivity index (χ1) is 9.31. The van der Waals surface area contributed by atoms with Crippen LogP contribution < -0.4 is 4.72 Å². The van der Waals surface area contributed by atoms with Crippen molar-refractivity contribution in [3.8, 4) is 0 Å². The highest BCUT2D eigenvalue weighted by atomic mass is 79.9. The minimum Gasteiger partial charge on any atom is -0.262 e. The maximum atomic E-state index is 13.0. The molecule has 0 aliphatic carbocycles. The summed E-state index contributed by atoms with van der Waals surface area (Å²) in [6, 6.07) is 3.16. The fraction of sp³-hybridized carbons (Fsp3) is 0. The quantitative estimate of drug-likeness (QED) is 0.800. The fourth-order valence-electron chi connectivity index (χ4n) is 1.29. The Labute approximate surface area is 132 Å². The Morgan fingerprint density at radius 2 is 1.95 bits per heavy atom. The van der Waals surface area contributed by atoms with Crippen molar-refractivity contribution in [1.29, 1.82) is 0 Å². The fourth-order valence-corrected chi connectivity index (χ4v) is 3.70. The van der Waals surface area contributed by atoms with Gasteiger partial charge in [0.15, 0.2) is 11.0 Å². The number of hydrogen-bond acceptors (Lipinski definition) is 4. The van der Waals surface area contributed by atoms with Gasteiger partial charge < -0.3 is 0 Å². The third kappa shape index (κ3) is 3.20. The summed E-state index contributed by atoms with van der Waals surface area (Å²) < 4.78 is 39.5. The Morgan fingerprint density at radius 3 is 2.60 bits per heavy atom. The first kappa shape index (κ1) is 15.4. The lowest BCUT2D eigenvalue weighted by atomic mass is 10.3. The Morgan fingerprint density at radius 1 is 1.25 bits per heavy atom. The van der Waals surface area contributed by atoms with Gasteiger partial charge in [0.1, 0.15) is 22.1 Å². The van der Waals surface area contributed by atoms with E-state index in [4.69, 9.17) is 23.2 Å². The van der Waals surface area contributed by atoms with Crippen LogP contribution >= 0.6 is 39.1 Å². The third-order valence-electron chi connectivity index (χ3n) is 2.16. The van der Waals surface area contributed by atoms with E-state index < -0.39 is 15.8 Å². The average Bonchev–Trinajstić information content (AvgIpc) is 2.34. The van der Waals surface area contributed by atoms with Gasteiger partial charge in [0.25, 0.3) is 10.0 Å². The topological polar surface area (TPSA) is 72.0 Å². The van der Waals surface area contributed by atoms with Gasteiger partial charge in [0.05, 0.1) is 0 Å². The van der Waals surface area contributed by atoms with Crippen molar-refractivity contribution < 1.29 is 12.8 Å². The van der Waals surface area contributed by atoms with Gasteiger partial charge >= 0.3 is 0 Å². The molecule has 1 heterocycles.